The Balaban J connectivity index is 1.94. The van der Waals surface area contributed by atoms with Gasteiger partial charge in [-0.3, -0.25) is 0 Å². The summed E-state index contributed by atoms with van der Waals surface area (Å²) in [5.74, 6) is -1.25. The number of nitrogens with zero attached hydrogens (tertiary/aromatic N) is 2. The monoisotopic (exact) mass is 388 g/mol. The van der Waals surface area contributed by atoms with Crippen LogP contribution < -0.4 is 0 Å². The van der Waals surface area contributed by atoms with Crippen LogP contribution in [0.1, 0.15) is 17.3 Å². The molecule has 0 N–H and O–H groups in total. The van der Waals surface area contributed by atoms with E-state index in [0.717, 1.165) is 28.1 Å². The van der Waals surface area contributed by atoms with E-state index in [1.54, 1.807) is 11.1 Å². The number of carbonyl (C=O) groups is 2. The van der Waals surface area contributed by atoms with Gasteiger partial charge in [-0.1, -0.05) is 42.5 Å². The summed E-state index contributed by atoms with van der Waals surface area (Å²) in [5, 5.41) is 1.08. The minimum atomic E-state index is -0.631. The van der Waals surface area contributed by atoms with Gasteiger partial charge in [0.25, 0.3) is 0 Å². The molecule has 6 heteroatoms. The average molecular weight is 388 g/mol. The number of esters is 2. The van der Waals surface area contributed by atoms with Crippen molar-refractivity contribution in [1.82, 2.24) is 9.47 Å². The fourth-order valence-electron chi connectivity index (χ4n) is 3.62. The molecule has 2 heterocycles. The van der Waals surface area contributed by atoms with Gasteiger partial charge in [0.05, 0.1) is 25.8 Å². The first kappa shape index (κ1) is 18.6. The fraction of sp³-hybridized carbons (Fsp3) is 0.130. The van der Waals surface area contributed by atoms with Crippen molar-refractivity contribution in [2.45, 2.75) is 6.17 Å². The van der Waals surface area contributed by atoms with Gasteiger partial charge in [0.15, 0.2) is 0 Å². The number of methoxy groups -OCH3 is 2. The molecule has 0 radical (unpaired) electrons. The van der Waals surface area contributed by atoms with Gasteiger partial charge in [-0.25, -0.2) is 9.59 Å². The SMILES string of the molecule is COC(=O)/C=C(\C(=O)OC)N1C=Cc2ccccc2C1n1ccc2ccccc21. The van der Waals surface area contributed by atoms with Gasteiger partial charge in [-0.05, 0) is 29.2 Å². The standard InChI is InChI=1S/C23H20N2O4/c1-28-21(26)15-20(23(27)29-2)25-13-11-16-7-3-5-9-18(16)22(25)24-14-12-17-8-4-6-10-19(17)24/h3-15,22H,1-2H3/b20-15+. The third kappa shape index (κ3) is 3.29. The maximum atomic E-state index is 12.6. The summed E-state index contributed by atoms with van der Waals surface area (Å²) >= 11 is 0. The smallest absolute Gasteiger partial charge is 0.355 e. The van der Waals surface area contributed by atoms with Crippen LogP contribution in [0.3, 0.4) is 0 Å². The predicted molar refractivity (Wildman–Crippen MR) is 110 cm³/mol. The second-order valence-electron chi connectivity index (χ2n) is 6.55. The molecule has 1 aliphatic heterocycles. The van der Waals surface area contributed by atoms with E-state index in [1.807, 2.05) is 66.9 Å². The van der Waals surface area contributed by atoms with Crippen LogP contribution in [-0.2, 0) is 19.1 Å². The number of benzene rings is 2. The number of aromatic nitrogens is 1. The molecular formula is C23H20N2O4. The molecule has 6 nitrogen and oxygen atoms in total. The maximum absolute atomic E-state index is 12.6. The van der Waals surface area contributed by atoms with E-state index < -0.39 is 11.9 Å². The predicted octanol–water partition coefficient (Wildman–Crippen LogP) is 3.70. The topological polar surface area (TPSA) is 60.8 Å². The maximum Gasteiger partial charge on any atom is 0.355 e. The minimum absolute atomic E-state index is 0.0906. The van der Waals surface area contributed by atoms with Crippen LogP contribution in [0.5, 0.6) is 0 Å². The molecular weight excluding hydrogens is 368 g/mol. The van der Waals surface area contributed by atoms with E-state index in [2.05, 4.69) is 4.57 Å². The summed E-state index contributed by atoms with van der Waals surface area (Å²) in [4.78, 5) is 26.3. The summed E-state index contributed by atoms with van der Waals surface area (Å²) in [6, 6.07) is 18.0. The zero-order valence-corrected chi connectivity index (χ0v) is 16.1. The number of carbonyl (C=O) groups excluding carboxylic acids is 2. The molecule has 1 aromatic heterocycles. The summed E-state index contributed by atoms with van der Waals surface area (Å²) in [6.07, 6.45) is 6.44. The first-order valence-electron chi connectivity index (χ1n) is 9.13. The fourth-order valence-corrected chi connectivity index (χ4v) is 3.62. The van der Waals surface area contributed by atoms with Crippen molar-refractivity contribution in [3.05, 3.63) is 89.9 Å². The molecule has 2 aromatic carbocycles. The molecule has 0 saturated heterocycles. The van der Waals surface area contributed by atoms with Gasteiger partial charge in [-0.15, -0.1) is 0 Å². The van der Waals surface area contributed by atoms with Crippen molar-refractivity contribution < 1.29 is 19.1 Å². The number of rotatable bonds is 4. The van der Waals surface area contributed by atoms with Crippen LogP contribution in [0.25, 0.3) is 17.0 Å². The number of para-hydroxylation sites is 1. The average Bonchev–Trinajstić information content (AvgIpc) is 3.19. The highest BCUT2D eigenvalue weighted by Gasteiger charge is 2.31. The lowest BCUT2D eigenvalue weighted by atomic mass is 10.00. The van der Waals surface area contributed by atoms with E-state index in [9.17, 15) is 9.59 Å². The Kier molecular flexibility index (Phi) is 4.91. The Morgan fingerprint density at radius 3 is 2.52 bits per heavy atom. The van der Waals surface area contributed by atoms with Crippen molar-refractivity contribution in [1.29, 1.82) is 0 Å². The van der Waals surface area contributed by atoms with Crippen molar-refractivity contribution in [2.75, 3.05) is 14.2 Å². The van der Waals surface area contributed by atoms with Crippen molar-refractivity contribution in [2.24, 2.45) is 0 Å². The number of hydrogen-bond donors (Lipinski definition) is 0. The quantitative estimate of drug-likeness (QED) is 0.504. The summed E-state index contributed by atoms with van der Waals surface area (Å²) in [7, 11) is 2.56. The van der Waals surface area contributed by atoms with Gasteiger partial charge in [0, 0.05) is 18.0 Å². The van der Waals surface area contributed by atoms with Gasteiger partial charge >= 0.3 is 11.9 Å². The number of hydrogen-bond acceptors (Lipinski definition) is 5. The third-order valence-electron chi connectivity index (χ3n) is 4.97. The van der Waals surface area contributed by atoms with E-state index in [1.165, 1.54) is 14.2 Å². The normalized spacial score (nSPS) is 15.9. The van der Waals surface area contributed by atoms with Crippen LogP contribution in [0.2, 0.25) is 0 Å². The van der Waals surface area contributed by atoms with Gasteiger partial charge < -0.3 is 18.9 Å². The molecule has 146 valence electrons. The van der Waals surface area contributed by atoms with E-state index in [-0.39, 0.29) is 11.9 Å². The van der Waals surface area contributed by atoms with Crippen LogP contribution >= 0.6 is 0 Å². The van der Waals surface area contributed by atoms with Crippen molar-refractivity contribution >= 4 is 28.9 Å². The highest BCUT2D eigenvalue weighted by molar-refractivity contribution is 5.96. The van der Waals surface area contributed by atoms with E-state index in [0.29, 0.717) is 0 Å². The molecule has 0 saturated carbocycles. The molecule has 3 aromatic rings. The number of ether oxygens (including phenoxy) is 2. The van der Waals surface area contributed by atoms with Crippen LogP contribution in [-0.4, -0.2) is 35.6 Å². The van der Waals surface area contributed by atoms with Crippen molar-refractivity contribution in [3.63, 3.8) is 0 Å². The minimum Gasteiger partial charge on any atom is -0.466 e. The molecule has 1 atom stereocenters. The molecule has 29 heavy (non-hydrogen) atoms. The first-order valence-corrected chi connectivity index (χ1v) is 9.13. The molecule has 0 fully saturated rings. The Morgan fingerprint density at radius 2 is 1.72 bits per heavy atom. The second-order valence-corrected chi connectivity index (χ2v) is 6.55. The highest BCUT2D eigenvalue weighted by atomic mass is 16.5. The Morgan fingerprint density at radius 1 is 0.966 bits per heavy atom. The molecule has 0 spiro atoms. The lowest BCUT2D eigenvalue weighted by Gasteiger charge is -2.36. The van der Waals surface area contributed by atoms with Crippen LogP contribution in [0, 0.1) is 0 Å². The van der Waals surface area contributed by atoms with Gasteiger partial charge in [-0.2, -0.15) is 0 Å². The lowest BCUT2D eigenvalue weighted by Crippen LogP contribution is -2.34. The largest absolute Gasteiger partial charge is 0.466 e. The Hall–Kier alpha value is -3.80. The van der Waals surface area contributed by atoms with Gasteiger partial charge in [0.2, 0.25) is 0 Å². The zero-order valence-electron chi connectivity index (χ0n) is 16.1. The Labute approximate surface area is 168 Å². The molecule has 4 rings (SSSR count). The molecule has 1 unspecified atom stereocenters. The first-order chi connectivity index (χ1) is 14.1. The van der Waals surface area contributed by atoms with Crippen molar-refractivity contribution in [3.8, 4) is 0 Å². The molecule has 0 aliphatic carbocycles. The number of fused-ring (bicyclic) bond motifs is 2. The summed E-state index contributed by atoms with van der Waals surface area (Å²) in [6.45, 7) is 0. The summed E-state index contributed by atoms with van der Waals surface area (Å²) in [5.41, 5.74) is 3.13. The van der Waals surface area contributed by atoms with E-state index in [4.69, 9.17) is 9.47 Å². The molecule has 0 bridgehead atoms. The Bertz CT molecular complexity index is 1140. The highest BCUT2D eigenvalue weighted by Crippen LogP contribution is 2.36. The zero-order chi connectivity index (χ0) is 20.4. The van der Waals surface area contributed by atoms with Gasteiger partial charge in [0.1, 0.15) is 11.9 Å². The molecule has 1 aliphatic rings. The van der Waals surface area contributed by atoms with Crippen LogP contribution in [0.15, 0.2) is 78.8 Å². The van der Waals surface area contributed by atoms with Crippen LogP contribution in [0.4, 0.5) is 0 Å². The lowest BCUT2D eigenvalue weighted by molar-refractivity contribution is -0.140. The summed E-state index contributed by atoms with van der Waals surface area (Å²) < 4.78 is 11.8. The second kappa shape index (κ2) is 7.67. The molecule has 0 amide bonds. The third-order valence-corrected chi connectivity index (χ3v) is 4.97. The van der Waals surface area contributed by atoms with E-state index >= 15 is 0 Å².